The smallest absolute Gasteiger partial charge is 0.362 e. The Morgan fingerprint density at radius 1 is 0.686 bits per heavy atom. The summed E-state index contributed by atoms with van der Waals surface area (Å²) in [5.41, 5.74) is 9.43. The van der Waals surface area contributed by atoms with E-state index in [0.717, 1.165) is 78.5 Å². The summed E-state index contributed by atoms with van der Waals surface area (Å²) >= 11 is 0. The van der Waals surface area contributed by atoms with Crippen molar-refractivity contribution >= 4 is 40.8 Å². The van der Waals surface area contributed by atoms with E-state index in [0.29, 0.717) is 0 Å². The van der Waals surface area contributed by atoms with E-state index < -0.39 is 10.2 Å². The molecule has 0 atom stereocenters. The molecule has 1 aromatic heterocycles. The number of methoxy groups -OCH3 is 1. The van der Waals surface area contributed by atoms with Crippen molar-refractivity contribution in [1.82, 2.24) is 0 Å². The summed E-state index contributed by atoms with van der Waals surface area (Å²) in [6.45, 7) is 2.12. The van der Waals surface area contributed by atoms with Crippen LogP contribution < -0.4 is 28.1 Å². The van der Waals surface area contributed by atoms with Crippen LogP contribution >= 0.6 is 0 Å². The Morgan fingerprint density at radius 2 is 1.31 bits per heavy atom. The molecule has 7 nitrogen and oxygen atoms in total. The number of para-hydroxylation sites is 1. The van der Waals surface area contributed by atoms with Gasteiger partial charge in [-0.2, -0.15) is 0 Å². The van der Waals surface area contributed by atoms with Crippen LogP contribution in [-0.4, -0.2) is 7.11 Å². The van der Waals surface area contributed by atoms with E-state index in [1.54, 1.807) is 7.11 Å². The highest BCUT2D eigenvalue weighted by molar-refractivity contribution is 6.03. The molecule has 0 amide bonds. The number of rotatable bonds is 7. The summed E-state index contributed by atoms with van der Waals surface area (Å²) in [4.78, 5) is 0. The molecule has 0 bridgehead atoms. The molecule has 1 aliphatic rings. The lowest BCUT2D eigenvalue weighted by Gasteiger charge is -2.19. The highest BCUT2D eigenvalue weighted by atomic mass is 35.7. The van der Waals surface area contributed by atoms with E-state index in [2.05, 4.69) is 104 Å². The Labute approximate surface area is 298 Å². The van der Waals surface area contributed by atoms with E-state index in [-0.39, 0.29) is 0 Å². The van der Waals surface area contributed by atoms with Gasteiger partial charge in [-0.15, -0.1) is 10.2 Å². The van der Waals surface area contributed by atoms with Gasteiger partial charge in [0.05, 0.1) is 18.1 Å². The molecule has 8 heteroatoms. The van der Waals surface area contributed by atoms with Crippen LogP contribution in [0.2, 0.25) is 0 Å². The van der Waals surface area contributed by atoms with Gasteiger partial charge in [0, 0.05) is 23.3 Å². The first-order valence-electron chi connectivity index (χ1n) is 16.0. The molecule has 0 N–H and O–H groups in total. The maximum atomic E-state index is 8.49. The molecule has 51 heavy (non-hydrogen) atoms. The molecule has 5 aromatic carbocycles. The second-order valence-electron chi connectivity index (χ2n) is 11.6. The zero-order chi connectivity index (χ0) is 35.8. The lowest BCUT2D eigenvalue weighted by Crippen LogP contribution is -2.68. The third kappa shape index (κ3) is 9.26. The molecule has 1 aliphatic heterocycles. The lowest BCUT2D eigenvalue weighted by molar-refractivity contribution is -2.00. The van der Waals surface area contributed by atoms with Crippen LogP contribution in [0.25, 0.3) is 52.0 Å². The Bertz CT molecular complexity index is 2250. The molecule has 0 saturated heterocycles. The Morgan fingerprint density at radius 3 is 2.02 bits per heavy atom. The fourth-order valence-electron chi connectivity index (χ4n) is 5.72. The largest absolute Gasteiger partial charge is 0.497 e. The molecule has 6 aromatic rings. The lowest BCUT2D eigenvalue weighted by atomic mass is 9.91. The molecule has 254 valence electrons. The van der Waals surface area contributed by atoms with Crippen LogP contribution in [0.4, 0.5) is 0 Å². The van der Waals surface area contributed by atoms with Crippen molar-refractivity contribution in [2.45, 2.75) is 6.92 Å². The summed E-state index contributed by atoms with van der Waals surface area (Å²) in [6, 6.07) is 43.3. The number of halogens is 1. The van der Waals surface area contributed by atoms with Gasteiger partial charge in [0.1, 0.15) is 17.3 Å². The van der Waals surface area contributed by atoms with E-state index in [1.807, 2.05) is 66.7 Å². The maximum absolute atomic E-state index is 8.49. The van der Waals surface area contributed by atoms with Gasteiger partial charge >= 0.3 is 11.3 Å². The van der Waals surface area contributed by atoms with Gasteiger partial charge in [0.25, 0.3) is 0 Å². The third-order valence-corrected chi connectivity index (χ3v) is 8.03. The number of hydrogen-bond acceptors (Lipinski definition) is 6. The second-order valence-corrected chi connectivity index (χ2v) is 12.3. The number of benzene rings is 5. The maximum Gasteiger partial charge on any atom is 0.362 e. The van der Waals surface area contributed by atoms with Gasteiger partial charge in [-0.1, -0.05) is 97.1 Å². The van der Waals surface area contributed by atoms with Crippen molar-refractivity contribution in [3.05, 3.63) is 179 Å². The molecule has 0 unspecified atom stereocenters. The van der Waals surface area contributed by atoms with Gasteiger partial charge in [-0.3, -0.25) is 0 Å². The van der Waals surface area contributed by atoms with E-state index in [1.165, 1.54) is 0 Å². The minimum atomic E-state index is -4.94. The fraction of sp³-hybridized carbons (Fsp3) is 0.0465. The number of fused-ring (bicyclic) bond motifs is 2. The topological polar surface area (TPSA) is 122 Å². The molecule has 0 radical (unpaired) electrons. The highest BCUT2D eigenvalue weighted by Crippen LogP contribution is 2.41. The minimum absolute atomic E-state index is 0.774. The van der Waals surface area contributed by atoms with Gasteiger partial charge in [0.15, 0.2) is 0 Å². The van der Waals surface area contributed by atoms with Crippen molar-refractivity contribution in [1.29, 1.82) is 0 Å². The standard InChI is InChI=1S/C43H33O3.ClHO4/c1-30-17-25-41-38(27-30)39(29-34-28-36(24-20-31-11-5-3-6-12-31)45-40-16-10-9-15-37(34)40)43(33-13-7-4-8-14-33)42(46-41)26-21-32-18-22-35(44-2)23-19-32;2-1(3,4)5/h3-29H,1-2H3;(H,2,3,4,5)/q+1;/p-1. The number of allylic oxidation sites excluding steroid dienone is 3. The second kappa shape index (κ2) is 15.8. The number of aryl methyl sites for hydroxylation is 1. The first kappa shape index (κ1) is 35.0. The number of hydrogen-bond donors (Lipinski definition) is 0. The van der Waals surface area contributed by atoms with Crippen molar-refractivity contribution in [2.75, 3.05) is 7.11 Å². The quantitative estimate of drug-likeness (QED) is 0.172. The molecule has 0 aliphatic carbocycles. The zero-order valence-corrected chi connectivity index (χ0v) is 28.6. The Balaban J connectivity index is 0.000000839. The summed E-state index contributed by atoms with van der Waals surface area (Å²) < 4.78 is 52.4. The van der Waals surface area contributed by atoms with Crippen LogP contribution in [-0.2, 0) is 0 Å². The molecule has 2 heterocycles. The minimum Gasteiger partial charge on any atom is -0.497 e. The highest BCUT2D eigenvalue weighted by Gasteiger charge is 2.26. The Hall–Kier alpha value is -5.80. The zero-order valence-electron chi connectivity index (χ0n) is 27.8. The van der Waals surface area contributed by atoms with Crippen LogP contribution in [0.3, 0.4) is 0 Å². The number of ether oxygens (including phenoxy) is 2. The average Bonchev–Trinajstić information content (AvgIpc) is 3.13. The van der Waals surface area contributed by atoms with E-state index in [4.69, 9.17) is 32.5 Å². The predicted octanol–water partition coefficient (Wildman–Crippen LogP) is 6.64. The average molecular weight is 697 g/mol. The normalized spacial score (nSPS) is 13.5. The predicted molar refractivity (Wildman–Crippen MR) is 191 cm³/mol. The van der Waals surface area contributed by atoms with Gasteiger partial charge < -0.3 is 9.47 Å². The van der Waals surface area contributed by atoms with E-state index in [9.17, 15) is 0 Å². The molecule has 0 saturated carbocycles. The SMILES string of the molecule is COc1ccc(C=Cc2[o+]c3ccc(C)cc3c(C=C3C=C(C=Cc4ccccc4)Oc4ccccc43)c2-c2ccccc2)cc1.[O-][Cl+3]([O-])([O-])[O-]. The Kier molecular flexibility index (Phi) is 10.9. The van der Waals surface area contributed by atoms with Crippen LogP contribution in [0.1, 0.15) is 33.6 Å². The third-order valence-electron chi connectivity index (χ3n) is 8.03. The molecule has 0 fully saturated rings. The summed E-state index contributed by atoms with van der Waals surface area (Å²) in [5.74, 6) is 3.20. The van der Waals surface area contributed by atoms with Crippen molar-refractivity contribution in [3.63, 3.8) is 0 Å². The monoisotopic (exact) mass is 696 g/mol. The van der Waals surface area contributed by atoms with Gasteiger partial charge in [0.2, 0.25) is 0 Å². The molecular formula is C43H33ClO7. The fourth-order valence-corrected chi connectivity index (χ4v) is 5.72. The molecule has 7 rings (SSSR count). The molecular weight excluding hydrogens is 664 g/mol. The van der Waals surface area contributed by atoms with Crippen molar-refractivity contribution < 1.29 is 42.8 Å². The molecule has 0 spiro atoms. The van der Waals surface area contributed by atoms with Crippen LogP contribution in [0.5, 0.6) is 11.5 Å². The van der Waals surface area contributed by atoms with E-state index >= 15 is 0 Å². The van der Waals surface area contributed by atoms with Crippen LogP contribution in [0, 0.1) is 17.2 Å². The summed E-state index contributed by atoms with van der Waals surface area (Å²) in [7, 11) is -3.27. The van der Waals surface area contributed by atoms with Crippen molar-refractivity contribution in [2.24, 2.45) is 0 Å². The first-order chi connectivity index (χ1) is 24.6. The van der Waals surface area contributed by atoms with Gasteiger partial charge in [-0.25, -0.2) is 23.1 Å². The van der Waals surface area contributed by atoms with Gasteiger partial charge in [-0.05, 0) is 89.4 Å². The van der Waals surface area contributed by atoms with Crippen molar-refractivity contribution in [3.8, 4) is 22.6 Å². The van der Waals surface area contributed by atoms with Crippen LogP contribution in [0.15, 0.2) is 150 Å². The first-order valence-corrected chi connectivity index (χ1v) is 17.2. The summed E-state index contributed by atoms with van der Waals surface area (Å²) in [5, 5.41) is 1.05. The summed E-state index contributed by atoms with van der Waals surface area (Å²) in [6.07, 6.45) is 12.7.